The summed E-state index contributed by atoms with van der Waals surface area (Å²) in [6.07, 6.45) is -0.342. The zero-order valence-electron chi connectivity index (χ0n) is 14.0. The van der Waals surface area contributed by atoms with Gasteiger partial charge in [0.2, 0.25) is 0 Å². The molecule has 25 heavy (non-hydrogen) atoms. The summed E-state index contributed by atoms with van der Waals surface area (Å²) in [5, 5.41) is 3.42. The van der Waals surface area contributed by atoms with Gasteiger partial charge in [-0.3, -0.25) is 0 Å². The molecular formula is C18H18F3N3O. The van der Waals surface area contributed by atoms with Crippen molar-refractivity contribution in [1.82, 2.24) is 9.97 Å². The van der Waals surface area contributed by atoms with Gasteiger partial charge in [-0.25, -0.2) is 9.97 Å². The Labute approximate surface area is 144 Å². The normalized spacial score (nSPS) is 15.1. The van der Waals surface area contributed by atoms with Crippen LogP contribution in [0, 0.1) is 26.0 Å². The van der Waals surface area contributed by atoms with Crippen molar-refractivity contribution in [2.75, 3.05) is 5.32 Å². The molecule has 2 aromatic rings. The van der Waals surface area contributed by atoms with Crippen LogP contribution in [0.1, 0.15) is 37.2 Å². The lowest BCUT2D eigenvalue weighted by Gasteiger charge is -2.18. The predicted octanol–water partition coefficient (Wildman–Crippen LogP) is 4.61. The third-order valence-electron chi connectivity index (χ3n) is 4.12. The number of ether oxygens (including phenoxy) is 1. The van der Waals surface area contributed by atoms with Gasteiger partial charge in [0.05, 0.1) is 5.69 Å². The Hall–Kier alpha value is -2.49. The molecule has 0 unspecified atom stereocenters. The molecule has 1 aromatic heterocycles. The Morgan fingerprint density at radius 1 is 1.20 bits per heavy atom. The Morgan fingerprint density at radius 2 is 1.92 bits per heavy atom. The number of halogens is 3. The van der Waals surface area contributed by atoms with Gasteiger partial charge in [0.1, 0.15) is 11.6 Å². The molecule has 1 saturated carbocycles. The van der Waals surface area contributed by atoms with Gasteiger partial charge in [-0.15, -0.1) is 13.2 Å². The quantitative estimate of drug-likeness (QED) is 0.875. The Balaban J connectivity index is 1.99. The van der Waals surface area contributed by atoms with E-state index >= 15 is 0 Å². The molecule has 1 heterocycles. The highest BCUT2D eigenvalue weighted by molar-refractivity contribution is 5.77. The van der Waals surface area contributed by atoms with Gasteiger partial charge in [0.25, 0.3) is 0 Å². The number of rotatable bonds is 4. The largest absolute Gasteiger partial charge is 0.573 e. The standard InChI is InChI=1S/C18H18F3N3O/c1-11-16(13-6-5-9-15(10-13)25-18(19,20)21)17(23-12(2)22-11)24-14-7-3-4-8-14/h6,10,14H,3-4,7-8H2,1-2H3,(H,22,23,24). The zero-order valence-corrected chi connectivity index (χ0v) is 14.0. The molecule has 1 N–H and O–H groups in total. The highest BCUT2D eigenvalue weighted by Crippen LogP contribution is 2.33. The van der Waals surface area contributed by atoms with Gasteiger partial charge in [-0.05, 0) is 50.5 Å². The van der Waals surface area contributed by atoms with Crippen LogP contribution >= 0.6 is 0 Å². The van der Waals surface area contributed by atoms with Crippen molar-refractivity contribution in [1.29, 1.82) is 0 Å². The number of anilines is 1. The SMILES string of the molecule is Cc1nc(C)c(-c2cc#cc(OC(F)(F)F)c2)c(NC2CCCC2)n1. The summed E-state index contributed by atoms with van der Waals surface area (Å²) >= 11 is 0. The number of hydrogen-bond donors (Lipinski definition) is 1. The summed E-state index contributed by atoms with van der Waals surface area (Å²) in [4.78, 5) is 8.82. The highest BCUT2D eigenvalue weighted by Gasteiger charge is 2.31. The van der Waals surface area contributed by atoms with Crippen LogP contribution in [0.3, 0.4) is 0 Å². The molecule has 0 bridgehead atoms. The molecule has 0 atom stereocenters. The minimum Gasteiger partial charge on any atom is -0.397 e. The molecule has 7 heteroatoms. The van der Waals surface area contributed by atoms with Crippen molar-refractivity contribution < 1.29 is 17.9 Å². The fraction of sp³-hybridized carbons (Fsp3) is 0.444. The molecule has 4 nitrogen and oxygen atoms in total. The first-order valence-electron chi connectivity index (χ1n) is 8.13. The van der Waals surface area contributed by atoms with Crippen LogP contribution in [-0.2, 0) is 0 Å². The van der Waals surface area contributed by atoms with Crippen molar-refractivity contribution in [3.63, 3.8) is 0 Å². The van der Waals surface area contributed by atoms with E-state index in [1.54, 1.807) is 13.0 Å². The first-order chi connectivity index (χ1) is 11.8. The monoisotopic (exact) mass is 349 g/mol. The number of nitrogens with zero attached hydrogens (tertiary/aromatic N) is 2. The van der Waals surface area contributed by atoms with E-state index in [1.165, 1.54) is 6.07 Å². The second-order valence-corrected chi connectivity index (χ2v) is 6.13. The van der Waals surface area contributed by atoms with Crippen molar-refractivity contribution >= 4 is 5.82 Å². The van der Waals surface area contributed by atoms with Crippen LogP contribution in [0.5, 0.6) is 5.75 Å². The van der Waals surface area contributed by atoms with Gasteiger partial charge in [-0.2, -0.15) is 0 Å². The third kappa shape index (κ3) is 4.32. The fourth-order valence-electron chi connectivity index (χ4n) is 3.15. The second-order valence-electron chi connectivity index (χ2n) is 6.13. The number of alkyl halides is 3. The lowest BCUT2D eigenvalue weighted by atomic mass is 10.0. The van der Waals surface area contributed by atoms with Crippen LogP contribution in [0.15, 0.2) is 12.1 Å². The van der Waals surface area contributed by atoms with Crippen LogP contribution in [0.25, 0.3) is 11.1 Å². The first kappa shape index (κ1) is 17.3. The van der Waals surface area contributed by atoms with Gasteiger partial charge < -0.3 is 10.1 Å². The molecule has 0 amide bonds. The Bertz CT molecular complexity index is 756. The molecule has 1 aromatic carbocycles. The van der Waals surface area contributed by atoms with Gasteiger partial charge in [-0.1, -0.05) is 18.9 Å². The first-order valence-corrected chi connectivity index (χ1v) is 8.13. The maximum atomic E-state index is 12.5. The van der Waals surface area contributed by atoms with E-state index in [-0.39, 0.29) is 0 Å². The molecule has 0 spiro atoms. The van der Waals surface area contributed by atoms with Crippen LogP contribution in [0.2, 0.25) is 0 Å². The molecule has 132 valence electrons. The summed E-state index contributed by atoms with van der Waals surface area (Å²) in [5.74, 6) is 0.811. The summed E-state index contributed by atoms with van der Waals surface area (Å²) in [7, 11) is 0. The number of nitrogens with one attached hydrogen (secondary N) is 1. The zero-order chi connectivity index (χ0) is 18.0. The molecule has 3 rings (SSSR count). The average molecular weight is 349 g/mol. The van der Waals surface area contributed by atoms with Crippen molar-refractivity contribution in [2.24, 2.45) is 0 Å². The molecular weight excluding hydrogens is 331 g/mol. The van der Waals surface area contributed by atoms with Crippen molar-refractivity contribution in [3.8, 4) is 16.9 Å². The van der Waals surface area contributed by atoms with Crippen molar-refractivity contribution in [2.45, 2.75) is 51.9 Å². The second kappa shape index (κ2) is 6.79. The average Bonchev–Trinajstić information content (AvgIpc) is 2.98. The number of hydrogen-bond acceptors (Lipinski definition) is 4. The Kier molecular flexibility index (Phi) is 4.71. The van der Waals surface area contributed by atoms with E-state index in [1.807, 2.05) is 6.92 Å². The molecule has 1 fully saturated rings. The number of aryl methyl sites for hydroxylation is 2. The summed E-state index contributed by atoms with van der Waals surface area (Å²) in [6, 6.07) is 8.07. The van der Waals surface area contributed by atoms with Gasteiger partial charge in [0.15, 0.2) is 5.75 Å². The van der Waals surface area contributed by atoms with E-state index in [2.05, 4.69) is 32.2 Å². The molecule has 1 aliphatic rings. The molecule has 0 aliphatic heterocycles. The Morgan fingerprint density at radius 3 is 2.60 bits per heavy atom. The van der Waals surface area contributed by atoms with Crippen LogP contribution in [0.4, 0.5) is 19.0 Å². The van der Waals surface area contributed by atoms with Gasteiger partial charge in [0, 0.05) is 11.6 Å². The minimum atomic E-state index is -4.77. The van der Waals surface area contributed by atoms with E-state index in [0.29, 0.717) is 34.5 Å². The maximum absolute atomic E-state index is 12.5. The highest BCUT2D eigenvalue weighted by atomic mass is 19.4. The smallest absolute Gasteiger partial charge is 0.397 e. The lowest BCUT2D eigenvalue weighted by molar-refractivity contribution is -0.274. The van der Waals surface area contributed by atoms with E-state index in [0.717, 1.165) is 25.7 Å². The van der Waals surface area contributed by atoms with E-state index in [9.17, 15) is 13.2 Å². The van der Waals surface area contributed by atoms with Crippen molar-refractivity contribution in [3.05, 3.63) is 35.8 Å². The molecule has 1 aliphatic carbocycles. The molecule has 0 saturated heterocycles. The molecule has 0 radical (unpaired) electrons. The summed E-state index contributed by atoms with van der Waals surface area (Å²) in [5.41, 5.74) is 1.86. The predicted molar refractivity (Wildman–Crippen MR) is 87.2 cm³/mol. The third-order valence-corrected chi connectivity index (χ3v) is 4.12. The van der Waals surface area contributed by atoms with Crippen LogP contribution < -0.4 is 10.1 Å². The topological polar surface area (TPSA) is 47.0 Å². The maximum Gasteiger partial charge on any atom is 0.573 e. The number of aromatic nitrogens is 2. The van der Waals surface area contributed by atoms with E-state index in [4.69, 9.17) is 0 Å². The summed E-state index contributed by atoms with van der Waals surface area (Å²) in [6.45, 7) is 3.60. The minimum absolute atomic E-state index is 0.317. The fourth-order valence-corrected chi connectivity index (χ4v) is 3.15. The van der Waals surface area contributed by atoms with Gasteiger partial charge >= 0.3 is 6.36 Å². The van der Waals surface area contributed by atoms with Crippen LogP contribution in [-0.4, -0.2) is 22.4 Å². The summed E-state index contributed by atoms with van der Waals surface area (Å²) < 4.78 is 41.3. The lowest BCUT2D eigenvalue weighted by Crippen LogP contribution is -2.18. The van der Waals surface area contributed by atoms with E-state index < -0.39 is 12.1 Å².